The third kappa shape index (κ3) is 7.15. The predicted octanol–water partition coefficient (Wildman–Crippen LogP) is 5.85. The van der Waals surface area contributed by atoms with Gasteiger partial charge < -0.3 is 24.2 Å². The number of carbonyl (C=O) groups is 1. The Morgan fingerprint density at radius 1 is 1.20 bits per heavy atom. The molecule has 1 aliphatic heterocycles. The standard InChI is InChI=1S/C32H42N4O5/c1-8-12-23-13-10-11-14-25(23)39-21-24-20-26-33-22(3)27(28(30(37)38)41-31(4,5)6)29(36(26)34-24)35-17-15-32(7,16-18-35)40-19-9-2/h8-11,13-14,20,28H,1-2,12,15-19,21H2,3-7H3,(H,37,38). The quantitative estimate of drug-likeness (QED) is 0.275. The molecular formula is C32H42N4O5. The van der Waals surface area contributed by atoms with Gasteiger partial charge in [-0.15, -0.1) is 13.2 Å². The number of nitrogens with zero attached hydrogens (tertiary/aromatic N) is 4. The molecule has 2 aromatic heterocycles. The van der Waals surface area contributed by atoms with Crippen LogP contribution in [-0.2, 0) is 27.3 Å². The Morgan fingerprint density at radius 2 is 1.90 bits per heavy atom. The number of carboxylic acid groups (broad SMARTS) is 1. The molecule has 0 spiro atoms. The summed E-state index contributed by atoms with van der Waals surface area (Å²) < 4.78 is 20.1. The van der Waals surface area contributed by atoms with Gasteiger partial charge in [-0.2, -0.15) is 9.61 Å². The molecule has 1 fully saturated rings. The molecule has 220 valence electrons. The number of aliphatic carboxylic acids is 1. The molecule has 1 aliphatic rings. The highest BCUT2D eigenvalue weighted by Gasteiger charge is 2.37. The van der Waals surface area contributed by atoms with E-state index in [1.165, 1.54) is 0 Å². The molecule has 1 atom stereocenters. The predicted molar refractivity (Wildman–Crippen MR) is 160 cm³/mol. The van der Waals surface area contributed by atoms with Crippen LogP contribution in [-0.4, -0.2) is 56.6 Å². The van der Waals surface area contributed by atoms with Gasteiger partial charge in [0.25, 0.3) is 0 Å². The smallest absolute Gasteiger partial charge is 0.337 e. The highest BCUT2D eigenvalue weighted by molar-refractivity contribution is 5.78. The Bertz CT molecular complexity index is 1400. The number of aromatic nitrogens is 3. The molecule has 0 amide bonds. The van der Waals surface area contributed by atoms with Crippen molar-refractivity contribution in [3.05, 3.63) is 78.2 Å². The van der Waals surface area contributed by atoms with E-state index < -0.39 is 17.7 Å². The summed E-state index contributed by atoms with van der Waals surface area (Å²) in [6.07, 6.45) is 4.61. The molecular weight excluding hydrogens is 520 g/mol. The lowest BCUT2D eigenvalue weighted by molar-refractivity contribution is -0.160. The van der Waals surface area contributed by atoms with Gasteiger partial charge >= 0.3 is 5.97 Å². The Morgan fingerprint density at radius 3 is 2.54 bits per heavy atom. The van der Waals surface area contributed by atoms with Crippen molar-refractivity contribution in [2.45, 2.75) is 77.8 Å². The maximum Gasteiger partial charge on any atom is 0.337 e. The Balaban J connectivity index is 1.76. The summed E-state index contributed by atoms with van der Waals surface area (Å²) in [4.78, 5) is 19.6. The van der Waals surface area contributed by atoms with Crippen LogP contribution >= 0.6 is 0 Å². The third-order valence-electron chi connectivity index (χ3n) is 7.20. The molecule has 41 heavy (non-hydrogen) atoms. The Kier molecular flexibility index (Phi) is 9.19. The number of carboxylic acids is 1. The van der Waals surface area contributed by atoms with E-state index in [0.717, 1.165) is 24.2 Å². The maximum atomic E-state index is 12.6. The average Bonchev–Trinajstić information content (AvgIpc) is 3.32. The molecule has 0 saturated carbocycles. The van der Waals surface area contributed by atoms with Crippen LogP contribution in [0.5, 0.6) is 5.75 Å². The maximum absolute atomic E-state index is 12.6. The number of piperidine rings is 1. The highest BCUT2D eigenvalue weighted by atomic mass is 16.5. The molecule has 9 nitrogen and oxygen atoms in total. The molecule has 3 aromatic rings. The lowest BCUT2D eigenvalue weighted by Gasteiger charge is -2.41. The summed E-state index contributed by atoms with van der Waals surface area (Å²) >= 11 is 0. The zero-order valence-electron chi connectivity index (χ0n) is 24.9. The summed E-state index contributed by atoms with van der Waals surface area (Å²) in [7, 11) is 0. The van der Waals surface area contributed by atoms with Gasteiger partial charge in [0.15, 0.2) is 11.8 Å². The molecule has 1 saturated heterocycles. The van der Waals surface area contributed by atoms with Crippen molar-refractivity contribution in [1.29, 1.82) is 0 Å². The average molecular weight is 563 g/mol. The topological polar surface area (TPSA) is 98.4 Å². The molecule has 0 bridgehead atoms. The molecule has 1 N–H and O–H groups in total. The van der Waals surface area contributed by atoms with Crippen LogP contribution in [0.2, 0.25) is 0 Å². The van der Waals surface area contributed by atoms with Crippen molar-refractivity contribution < 1.29 is 24.1 Å². The first kappa shape index (κ1) is 30.3. The largest absolute Gasteiger partial charge is 0.487 e. The van der Waals surface area contributed by atoms with E-state index in [-0.39, 0.29) is 12.2 Å². The minimum atomic E-state index is -1.22. The van der Waals surface area contributed by atoms with Gasteiger partial charge in [-0.25, -0.2) is 9.78 Å². The number of fused-ring (bicyclic) bond motifs is 1. The van der Waals surface area contributed by atoms with Crippen LogP contribution in [0.4, 0.5) is 5.82 Å². The second-order valence-electron chi connectivity index (χ2n) is 11.7. The summed E-state index contributed by atoms with van der Waals surface area (Å²) in [5.74, 6) is 0.373. The van der Waals surface area contributed by atoms with Gasteiger partial charge in [-0.1, -0.05) is 30.4 Å². The van der Waals surface area contributed by atoms with E-state index in [0.29, 0.717) is 54.5 Å². The van der Waals surface area contributed by atoms with Crippen LogP contribution in [0.1, 0.15) is 69.2 Å². The van der Waals surface area contributed by atoms with Crippen LogP contribution in [0.3, 0.4) is 0 Å². The minimum Gasteiger partial charge on any atom is -0.487 e. The lowest BCUT2D eigenvalue weighted by atomic mass is 9.92. The van der Waals surface area contributed by atoms with E-state index in [2.05, 4.69) is 25.0 Å². The summed E-state index contributed by atoms with van der Waals surface area (Å²) in [5.41, 5.74) is 2.46. The van der Waals surface area contributed by atoms with Gasteiger partial charge in [0.2, 0.25) is 0 Å². The third-order valence-corrected chi connectivity index (χ3v) is 7.20. The SMILES string of the molecule is C=CCOC1(C)CCN(c2c(C(OC(C)(C)C)C(=O)O)c(C)nc3cc(COc4ccccc4CC=C)nn23)CC1. The summed E-state index contributed by atoms with van der Waals surface area (Å²) in [6.45, 7) is 19.1. The molecule has 9 heteroatoms. The van der Waals surface area contributed by atoms with Crippen LogP contribution < -0.4 is 9.64 Å². The van der Waals surface area contributed by atoms with E-state index >= 15 is 0 Å². The van der Waals surface area contributed by atoms with Crippen molar-refractivity contribution in [3.8, 4) is 5.75 Å². The Labute approximate surface area is 242 Å². The van der Waals surface area contributed by atoms with Crippen molar-refractivity contribution in [2.75, 3.05) is 24.6 Å². The number of hydrogen-bond donors (Lipinski definition) is 1. The van der Waals surface area contributed by atoms with Crippen molar-refractivity contribution >= 4 is 17.4 Å². The van der Waals surface area contributed by atoms with Crippen molar-refractivity contribution in [2.24, 2.45) is 0 Å². The first-order valence-corrected chi connectivity index (χ1v) is 14.1. The molecule has 1 aromatic carbocycles. The van der Waals surface area contributed by atoms with E-state index in [4.69, 9.17) is 24.3 Å². The first-order chi connectivity index (χ1) is 19.4. The molecule has 0 aliphatic carbocycles. The van der Waals surface area contributed by atoms with Gasteiger partial charge in [0.05, 0.1) is 23.4 Å². The van der Waals surface area contributed by atoms with Crippen LogP contribution in [0.15, 0.2) is 55.6 Å². The highest BCUT2D eigenvalue weighted by Crippen LogP contribution is 2.37. The normalized spacial score (nSPS) is 16.0. The van der Waals surface area contributed by atoms with Crippen LogP contribution in [0.25, 0.3) is 5.65 Å². The van der Waals surface area contributed by atoms with Gasteiger partial charge in [0, 0.05) is 24.8 Å². The lowest BCUT2D eigenvalue weighted by Crippen LogP contribution is -2.45. The fourth-order valence-corrected chi connectivity index (χ4v) is 5.15. The number of hydrogen-bond acceptors (Lipinski definition) is 7. The number of ether oxygens (including phenoxy) is 3. The second-order valence-corrected chi connectivity index (χ2v) is 11.7. The van der Waals surface area contributed by atoms with Crippen LogP contribution in [0, 0.1) is 6.92 Å². The van der Waals surface area contributed by atoms with Crippen molar-refractivity contribution in [1.82, 2.24) is 14.6 Å². The minimum absolute atomic E-state index is 0.236. The summed E-state index contributed by atoms with van der Waals surface area (Å²) in [6, 6.07) is 9.74. The molecule has 4 rings (SSSR count). The van der Waals surface area contributed by atoms with E-state index in [1.807, 2.05) is 64.1 Å². The first-order valence-electron chi connectivity index (χ1n) is 14.1. The zero-order chi connectivity index (χ0) is 29.8. The number of anilines is 1. The monoisotopic (exact) mass is 562 g/mol. The number of aryl methyl sites for hydroxylation is 1. The zero-order valence-corrected chi connectivity index (χ0v) is 24.9. The number of allylic oxidation sites excluding steroid dienone is 1. The summed E-state index contributed by atoms with van der Waals surface area (Å²) in [5, 5.41) is 15.2. The van der Waals surface area contributed by atoms with Gasteiger partial charge in [-0.05, 0) is 65.5 Å². The van der Waals surface area contributed by atoms with Gasteiger partial charge in [-0.3, -0.25) is 0 Å². The fraction of sp³-hybridized carbons (Fsp3) is 0.469. The molecule has 1 unspecified atom stereocenters. The van der Waals surface area contributed by atoms with Crippen molar-refractivity contribution in [3.63, 3.8) is 0 Å². The molecule has 0 radical (unpaired) electrons. The molecule has 3 heterocycles. The van der Waals surface area contributed by atoms with E-state index in [1.54, 1.807) is 10.6 Å². The number of para-hydroxylation sites is 1. The Hall–Kier alpha value is -3.69. The van der Waals surface area contributed by atoms with Gasteiger partial charge in [0.1, 0.15) is 23.9 Å². The second kappa shape index (κ2) is 12.4. The number of benzene rings is 1. The fourth-order valence-electron chi connectivity index (χ4n) is 5.15. The number of rotatable bonds is 12. The van der Waals surface area contributed by atoms with E-state index in [9.17, 15) is 9.90 Å².